The van der Waals surface area contributed by atoms with E-state index in [0.717, 1.165) is 17.7 Å². The fraction of sp³-hybridized carbons (Fsp3) is 0.188. The summed E-state index contributed by atoms with van der Waals surface area (Å²) >= 11 is 3.12. The van der Waals surface area contributed by atoms with Gasteiger partial charge in [0.05, 0.1) is 4.47 Å². The molecule has 0 radical (unpaired) electrons. The van der Waals surface area contributed by atoms with Crippen LogP contribution in [0.5, 0.6) is 0 Å². The first-order valence-corrected chi connectivity index (χ1v) is 7.45. The molecule has 0 saturated carbocycles. The smallest absolute Gasteiger partial charge is 0.319 e. The van der Waals surface area contributed by atoms with Crippen LogP contribution in [0.2, 0.25) is 0 Å². The van der Waals surface area contributed by atoms with E-state index in [1.54, 1.807) is 12.1 Å². The molecular weight excluding hydrogens is 335 g/mol. The van der Waals surface area contributed by atoms with Crippen LogP contribution in [0.1, 0.15) is 18.1 Å². The number of nitrogens with one attached hydrogen (secondary N) is 2. The van der Waals surface area contributed by atoms with Crippen molar-refractivity contribution >= 4 is 27.6 Å². The van der Waals surface area contributed by atoms with Crippen LogP contribution in [0.4, 0.5) is 14.9 Å². The van der Waals surface area contributed by atoms with Crippen molar-refractivity contribution in [2.75, 3.05) is 5.32 Å². The Labute approximate surface area is 131 Å². The summed E-state index contributed by atoms with van der Waals surface area (Å²) in [6, 6.07) is 12.0. The molecule has 0 heterocycles. The predicted octanol–water partition coefficient (Wildman–Crippen LogP) is 4.47. The minimum atomic E-state index is -0.320. The Kier molecular flexibility index (Phi) is 5.33. The topological polar surface area (TPSA) is 41.1 Å². The van der Waals surface area contributed by atoms with Gasteiger partial charge in [0, 0.05) is 12.2 Å². The molecule has 3 nitrogen and oxygen atoms in total. The van der Waals surface area contributed by atoms with Gasteiger partial charge >= 0.3 is 6.03 Å². The van der Waals surface area contributed by atoms with Gasteiger partial charge in [0.15, 0.2) is 0 Å². The van der Waals surface area contributed by atoms with Crippen LogP contribution in [0.15, 0.2) is 46.9 Å². The Morgan fingerprint density at radius 3 is 2.43 bits per heavy atom. The first-order valence-electron chi connectivity index (χ1n) is 6.66. The molecule has 2 aromatic carbocycles. The van der Waals surface area contributed by atoms with Crippen molar-refractivity contribution in [2.24, 2.45) is 0 Å². The molecule has 0 fully saturated rings. The van der Waals surface area contributed by atoms with Gasteiger partial charge in [0.2, 0.25) is 0 Å². The SMILES string of the molecule is CCc1ccc(NC(=O)NCc2ccc(F)c(Br)c2)cc1. The molecule has 5 heteroatoms. The molecule has 21 heavy (non-hydrogen) atoms. The number of aryl methyl sites for hydroxylation is 1. The molecule has 2 aromatic rings. The van der Waals surface area contributed by atoms with Gasteiger partial charge in [0.25, 0.3) is 0 Å². The second-order valence-corrected chi connectivity index (χ2v) is 5.46. The third-order valence-corrected chi connectivity index (χ3v) is 3.66. The third kappa shape index (κ3) is 4.56. The van der Waals surface area contributed by atoms with Gasteiger partial charge in [-0.3, -0.25) is 0 Å². The van der Waals surface area contributed by atoms with Crippen LogP contribution in [-0.4, -0.2) is 6.03 Å². The number of hydrogen-bond acceptors (Lipinski definition) is 1. The minimum Gasteiger partial charge on any atom is -0.334 e. The molecule has 0 unspecified atom stereocenters. The summed E-state index contributed by atoms with van der Waals surface area (Å²) in [7, 11) is 0. The van der Waals surface area contributed by atoms with Gasteiger partial charge in [-0.1, -0.05) is 25.1 Å². The Balaban J connectivity index is 1.87. The van der Waals surface area contributed by atoms with Gasteiger partial charge in [-0.15, -0.1) is 0 Å². The second-order valence-electron chi connectivity index (χ2n) is 4.61. The van der Waals surface area contributed by atoms with E-state index in [2.05, 4.69) is 33.5 Å². The summed E-state index contributed by atoms with van der Waals surface area (Å²) in [4.78, 5) is 11.8. The van der Waals surface area contributed by atoms with E-state index in [9.17, 15) is 9.18 Å². The van der Waals surface area contributed by atoms with Crippen molar-refractivity contribution in [3.8, 4) is 0 Å². The zero-order valence-corrected chi connectivity index (χ0v) is 13.2. The molecule has 2 amide bonds. The number of benzene rings is 2. The number of amides is 2. The molecule has 0 saturated heterocycles. The first-order chi connectivity index (χ1) is 10.1. The summed E-state index contributed by atoms with van der Waals surface area (Å²) in [5, 5.41) is 5.48. The molecule has 0 aromatic heterocycles. The highest BCUT2D eigenvalue weighted by Crippen LogP contribution is 2.16. The Hall–Kier alpha value is -1.88. The molecule has 110 valence electrons. The molecule has 0 aliphatic carbocycles. The predicted molar refractivity (Wildman–Crippen MR) is 85.8 cm³/mol. The highest BCUT2D eigenvalue weighted by Gasteiger charge is 2.04. The highest BCUT2D eigenvalue weighted by molar-refractivity contribution is 9.10. The monoisotopic (exact) mass is 350 g/mol. The Morgan fingerprint density at radius 2 is 1.81 bits per heavy atom. The average molecular weight is 351 g/mol. The summed E-state index contributed by atoms with van der Waals surface area (Å²) in [5.41, 5.74) is 2.78. The Bertz CT molecular complexity index is 629. The average Bonchev–Trinajstić information content (AvgIpc) is 2.49. The van der Waals surface area contributed by atoms with E-state index < -0.39 is 0 Å². The van der Waals surface area contributed by atoms with Crippen LogP contribution < -0.4 is 10.6 Å². The number of anilines is 1. The first kappa shape index (κ1) is 15.5. The van der Waals surface area contributed by atoms with Crippen LogP contribution in [-0.2, 0) is 13.0 Å². The lowest BCUT2D eigenvalue weighted by atomic mass is 10.1. The van der Waals surface area contributed by atoms with E-state index in [1.165, 1.54) is 11.6 Å². The zero-order chi connectivity index (χ0) is 15.2. The molecule has 0 aliphatic heterocycles. The lowest BCUT2D eigenvalue weighted by Crippen LogP contribution is -2.28. The third-order valence-electron chi connectivity index (χ3n) is 3.06. The van der Waals surface area contributed by atoms with Gasteiger partial charge in [0.1, 0.15) is 5.82 Å². The second kappa shape index (κ2) is 7.22. The number of carbonyl (C=O) groups excluding carboxylic acids is 1. The number of carbonyl (C=O) groups is 1. The molecule has 0 aliphatic rings. The molecular formula is C16H16BrFN2O. The number of urea groups is 1. The minimum absolute atomic E-state index is 0.292. The summed E-state index contributed by atoms with van der Waals surface area (Å²) < 4.78 is 13.5. The van der Waals surface area contributed by atoms with E-state index in [1.807, 2.05) is 24.3 Å². The van der Waals surface area contributed by atoms with Crippen LogP contribution in [0.3, 0.4) is 0 Å². The largest absolute Gasteiger partial charge is 0.334 e. The highest BCUT2D eigenvalue weighted by atomic mass is 79.9. The van der Waals surface area contributed by atoms with Crippen molar-refractivity contribution in [3.63, 3.8) is 0 Å². The summed E-state index contributed by atoms with van der Waals surface area (Å²) in [6.45, 7) is 2.41. The number of rotatable bonds is 4. The maximum absolute atomic E-state index is 13.1. The van der Waals surface area contributed by atoms with Crippen LogP contribution in [0.25, 0.3) is 0 Å². The van der Waals surface area contributed by atoms with Crippen LogP contribution in [0, 0.1) is 5.82 Å². The van der Waals surface area contributed by atoms with Crippen molar-refractivity contribution in [3.05, 3.63) is 63.9 Å². The zero-order valence-electron chi connectivity index (χ0n) is 11.6. The lowest BCUT2D eigenvalue weighted by molar-refractivity contribution is 0.251. The van der Waals surface area contributed by atoms with Gasteiger partial charge in [-0.2, -0.15) is 0 Å². The lowest BCUT2D eigenvalue weighted by Gasteiger charge is -2.08. The molecule has 0 bridgehead atoms. The molecule has 2 N–H and O–H groups in total. The van der Waals surface area contributed by atoms with Crippen molar-refractivity contribution in [2.45, 2.75) is 19.9 Å². The molecule has 2 rings (SSSR count). The molecule has 0 atom stereocenters. The van der Waals surface area contributed by atoms with E-state index >= 15 is 0 Å². The van der Waals surface area contributed by atoms with Crippen LogP contribution >= 0.6 is 15.9 Å². The fourth-order valence-corrected chi connectivity index (χ4v) is 2.26. The summed E-state index contributed by atoms with van der Waals surface area (Å²) in [5.74, 6) is -0.320. The van der Waals surface area contributed by atoms with E-state index in [-0.39, 0.29) is 11.8 Å². The maximum atomic E-state index is 13.1. The van der Waals surface area contributed by atoms with Gasteiger partial charge < -0.3 is 10.6 Å². The van der Waals surface area contributed by atoms with E-state index in [4.69, 9.17) is 0 Å². The maximum Gasteiger partial charge on any atom is 0.319 e. The van der Waals surface area contributed by atoms with Gasteiger partial charge in [-0.05, 0) is 57.7 Å². The number of halogens is 2. The van der Waals surface area contributed by atoms with E-state index in [0.29, 0.717) is 11.0 Å². The Morgan fingerprint density at radius 1 is 1.14 bits per heavy atom. The van der Waals surface area contributed by atoms with Crippen molar-refractivity contribution in [1.82, 2.24) is 5.32 Å². The van der Waals surface area contributed by atoms with Crippen molar-refractivity contribution in [1.29, 1.82) is 0 Å². The van der Waals surface area contributed by atoms with Crippen molar-refractivity contribution < 1.29 is 9.18 Å². The normalized spacial score (nSPS) is 10.2. The number of hydrogen-bond donors (Lipinski definition) is 2. The molecule has 0 spiro atoms. The quantitative estimate of drug-likeness (QED) is 0.838. The fourth-order valence-electron chi connectivity index (χ4n) is 1.83. The van der Waals surface area contributed by atoms with Gasteiger partial charge in [-0.25, -0.2) is 9.18 Å². The standard InChI is InChI=1S/C16H16BrFN2O/c1-2-11-3-6-13(7-4-11)20-16(21)19-10-12-5-8-15(18)14(17)9-12/h3-9H,2,10H2,1H3,(H2,19,20,21). The summed E-state index contributed by atoms with van der Waals surface area (Å²) in [6.07, 6.45) is 0.964.